The summed E-state index contributed by atoms with van der Waals surface area (Å²) in [6.07, 6.45) is 2.54. The maximum absolute atomic E-state index is 9.03. The van der Waals surface area contributed by atoms with E-state index in [1.807, 2.05) is 30.3 Å². The molecule has 0 atom stereocenters. The smallest absolute Gasteiger partial charge is 0.118 e. The van der Waals surface area contributed by atoms with Crippen LogP contribution in [-0.4, -0.2) is 18.1 Å². The van der Waals surface area contributed by atoms with Gasteiger partial charge in [0.15, 0.2) is 0 Å². The molecule has 1 aliphatic carbocycles. The molecule has 1 saturated carbocycles. The van der Waals surface area contributed by atoms with Gasteiger partial charge in [-0.25, -0.2) is 0 Å². The predicted octanol–water partition coefficient (Wildman–Crippen LogP) is 3.73. The number of benzene rings is 2. The van der Waals surface area contributed by atoms with Gasteiger partial charge in [-0.15, -0.1) is 0 Å². The first-order valence-corrected chi connectivity index (χ1v) is 7.64. The monoisotopic (exact) mass is 292 g/mol. The molecule has 1 fully saturated rings. The largest absolute Gasteiger partial charge is 0.497 e. The molecule has 22 heavy (non-hydrogen) atoms. The Morgan fingerprint density at radius 2 is 1.82 bits per heavy atom. The van der Waals surface area contributed by atoms with Crippen molar-refractivity contribution in [3.8, 4) is 11.8 Å². The molecular weight excluding hydrogens is 272 g/mol. The quantitative estimate of drug-likeness (QED) is 0.814. The molecule has 2 aromatic rings. The second-order valence-electron chi connectivity index (χ2n) is 5.80. The van der Waals surface area contributed by atoms with E-state index in [0.29, 0.717) is 6.04 Å². The normalized spacial score (nSPS) is 13.9. The van der Waals surface area contributed by atoms with Crippen LogP contribution < -0.4 is 4.74 Å². The molecule has 0 saturated heterocycles. The Morgan fingerprint density at radius 1 is 1.09 bits per heavy atom. The summed E-state index contributed by atoms with van der Waals surface area (Å²) in [5.74, 6) is 0.892. The lowest BCUT2D eigenvalue weighted by Gasteiger charge is -2.22. The fraction of sp³-hybridized carbons (Fsp3) is 0.316. The molecule has 0 amide bonds. The molecular formula is C19H20N2O. The molecule has 0 aliphatic heterocycles. The number of ether oxygens (including phenoxy) is 1. The highest BCUT2D eigenvalue weighted by molar-refractivity contribution is 5.33. The van der Waals surface area contributed by atoms with Crippen molar-refractivity contribution >= 4 is 0 Å². The Morgan fingerprint density at radius 3 is 2.45 bits per heavy atom. The predicted molar refractivity (Wildman–Crippen MR) is 86.4 cm³/mol. The average molecular weight is 292 g/mol. The fourth-order valence-corrected chi connectivity index (χ4v) is 2.69. The van der Waals surface area contributed by atoms with E-state index in [0.717, 1.165) is 24.4 Å². The summed E-state index contributed by atoms with van der Waals surface area (Å²) < 4.78 is 5.21. The lowest BCUT2D eigenvalue weighted by molar-refractivity contribution is 0.245. The van der Waals surface area contributed by atoms with E-state index in [1.54, 1.807) is 7.11 Å². The van der Waals surface area contributed by atoms with Gasteiger partial charge in [0.2, 0.25) is 0 Å². The summed E-state index contributed by atoms with van der Waals surface area (Å²) in [5.41, 5.74) is 3.24. The number of rotatable bonds is 6. The van der Waals surface area contributed by atoms with Crippen LogP contribution in [0.2, 0.25) is 0 Å². The van der Waals surface area contributed by atoms with Gasteiger partial charge in [-0.1, -0.05) is 24.3 Å². The van der Waals surface area contributed by atoms with Gasteiger partial charge in [-0.2, -0.15) is 5.26 Å². The first-order chi connectivity index (χ1) is 10.8. The zero-order valence-corrected chi connectivity index (χ0v) is 12.8. The first-order valence-electron chi connectivity index (χ1n) is 7.64. The third-order valence-corrected chi connectivity index (χ3v) is 4.05. The van der Waals surface area contributed by atoms with Crippen LogP contribution in [0, 0.1) is 11.3 Å². The number of nitrogens with zero attached hydrogens (tertiary/aromatic N) is 2. The van der Waals surface area contributed by atoms with Gasteiger partial charge in [0, 0.05) is 19.1 Å². The van der Waals surface area contributed by atoms with Crippen LogP contribution in [-0.2, 0) is 13.1 Å². The number of hydrogen-bond donors (Lipinski definition) is 0. The molecule has 0 unspecified atom stereocenters. The molecule has 112 valence electrons. The maximum atomic E-state index is 9.03. The van der Waals surface area contributed by atoms with Crippen molar-refractivity contribution in [1.29, 1.82) is 5.26 Å². The molecule has 0 spiro atoms. The Balaban J connectivity index is 1.71. The topological polar surface area (TPSA) is 36.3 Å². The number of nitriles is 1. The Kier molecular flexibility index (Phi) is 4.41. The third kappa shape index (κ3) is 3.66. The first kappa shape index (κ1) is 14.6. The number of methoxy groups -OCH3 is 1. The van der Waals surface area contributed by atoms with Gasteiger partial charge in [0.25, 0.3) is 0 Å². The van der Waals surface area contributed by atoms with Gasteiger partial charge in [0.1, 0.15) is 5.75 Å². The zero-order chi connectivity index (χ0) is 15.4. The van der Waals surface area contributed by atoms with Gasteiger partial charge >= 0.3 is 0 Å². The van der Waals surface area contributed by atoms with Crippen LogP contribution in [0.1, 0.15) is 29.5 Å². The second kappa shape index (κ2) is 6.64. The van der Waals surface area contributed by atoms with Crippen LogP contribution in [0.25, 0.3) is 0 Å². The summed E-state index contributed by atoms with van der Waals surface area (Å²) in [6.45, 7) is 1.83. The second-order valence-corrected chi connectivity index (χ2v) is 5.80. The third-order valence-electron chi connectivity index (χ3n) is 4.05. The summed E-state index contributed by atoms with van der Waals surface area (Å²) in [5, 5.41) is 9.03. The van der Waals surface area contributed by atoms with Crippen LogP contribution in [0.5, 0.6) is 5.75 Å². The number of hydrogen-bond acceptors (Lipinski definition) is 3. The minimum Gasteiger partial charge on any atom is -0.497 e. The van der Waals surface area contributed by atoms with Crippen molar-refractivity contribution in [1.82, 2.24) is 4.90 Å². The van der Waals surface area contributed by atoms with Crippen LogP contribution in [0.4, 0.5) is 0 Å². The SMILES string of the molecule is COc1ccc(CN(Cc2cccc(C#N)c2)C2CC2)cc1. The Bertz CT molecular complexity index is 669. The van der Waals surface area contributed by atoms with Crippen LogP contribution >= 0.6 is 0 Å². The van der Waals surface area contributed by atoms with E-state index in [-0.39, 0.29) is 0 Å². The van der Waals surface area contributed by atoms with Crippen LogP contribution in [0.15, 0.2) is 48.5 Å². The summed E-state index contributed by atoms with van der Waals surface area (Å²) in [6, 6.07) is 19.1. The van der Waals surface area contributed by atoms with Crippen molar-refractivity contribution < 1.29 is 4.74 Å². The van der Waals surface area contributed by atoms with Gasteiger partial charge < -0.3 is 4.74 Å². The fourth-order valence-electron chi connectivity index (χ4n) is 2.69. The van der Waals surface area contributed by atoms with E-state index in [4.69, 9.17) is 10.00 Å². The molecule has 2 aromatic carbocycles. The highest BCUT2D eigenvalue weighted by Crippen LogP contribution is 2.30. The minimum atomic E-state index is 0.674. The molecule has 0 radical (unpaired) electrons. The molecule has 1 aliphatic rings. The van der Waals surface area contributed by atoms with Crippen molar-refractivity contribution in [3.05, 3.63) is 65.2 Å². The van der Waals surface area contributed by atoms with Crippen LogP contribution in [0.3, 0.4) is 0 Å². The summed E-state index contributed by atoms with van der Waals surface area (Å²) in [4.78, 5) is 2.50. The maximum Gasteiger partial charge on any atom is 0.118 e. The molecule has 0 heterocycles. The van der Waals surface area contributed by atoms with E-state index in [1.165, 1.54) is 24.0 Å². The van der Waals surface area contributed by atoms with E-state index in [2.05, 4.69) is 29.2 Å². The van der Waals surface area contributed by atoms with Crippen molar-refractivity contribution in [2.45, 2.75) is 32.0 Å². The van der Waals surface area contributed by atoms with Crippen molar-refractivity contribution in [3.63, 3.8) is 0 Å². The van der Waals surface area contributed by atoms with E-state index < -0.39 is 0 Å². The minimum absolute atomic E-state index is 0.674. The lowest BCUT2D eigenvalue weighted by Crippen LogP contribution is -2.25. The van der Waals surface area contributed by atoms with E-state index >= 15 is 0 Å². The molecule has 3 nitrogen and oxygen atoms in total. The average Bonchev–Trinajstić information content (AvgIpc) is 3.40. The highest BCUT2D eigenvalue weighted by atomic mass is 16.5. The molecule has 0 aromatic heterocycles. The Hall–Kier alpha value is -2.31. The lowest BCUT2D eigenvalue weighted by atomic mass is 10.1. The van der Waals surface area contributed by atoms with Gasteiger partial charge in [0.05, 0.1) is 18.7 Å². The van der Waals surface area contributed by atoms with Gasteiger partial charge in [-0.3, -0.25) is 4.90 Å². The Labute approximate surface area is 131 Å². The molecule has 0 bridgehead atoms. The van der Waals surface area contributed by atoms with E-state index in [9.17, 15) is 0 Å². The standard InChI is InChI=1S/C19H20N2O/c1-22-19-9-5-15(6-10-19)13-21(18-7-8-18)14-17-4-2-3-16(11-17)12-20/h2-6,9-11,18H,7-8,13-14H2,1H3. The summed E-state index contributed by atoms with van der Waals surface area (Å²) in [7, 11) is 1.69. The molecule has 3 heteroatoms. The zero-order valence-electron chi connectivity index (χ0n) is 12.8. The molecule has 3 rings (SSSR count). The highest BCUT2D eigenvalue weighted by Gasteiger charge is 2.28. The van der Waals surface area contributed by atoms with Crippen molar-refractivity contribution in [2.24, 2.45) is 0 Å². The van der Waals surface area contributed by atoms with Gasteiger partial charge in [-0.05, 0) is 48.2 Å². The summed E-state index contributed by atoms with van der Waals surface area (Å²) >= 11 is 0. The molecule has 0 N–H and O–H groups in total. The van der Waals surface area contributed by atoms with Crippen molar-refractivity contribution in [2.75, 3.05) is 7.11 Å².